The summed E-state index contributed by atoms with van der Waals surface area (Å²) in [6.07, 6.45) is -4.01. The van der Waals surface area contributed by atoms with Crippen molar-refractivity contribution in [3.63, 3.8) is 0 Å². The van der Waals surface area contributed by atoms with Gasteiger partial charge in [0.05, 0.1) is 6.04 Å². The molecule has 128 valence electrons. The van der Waals surface area contributed by atoms with E-state index in [1.807, 2.05) is 0 Å². The molecule has 1 fully saturated rings. The predicted octanol–water partition coefficient (Wildman–Crippen LogP) is 2.82. The first-order valence-electron chi connectivity index (χ1n) is 7.19. The normalized spacial score (nSPS) is 23.0. The molecule has 23 heavy (non-hydrogen) atoms. The zero-order valence-electron chi connectivity index (χ0n) is 12.5. The molecule has 0 spiro atoms. The van der Waals surface area contributed by atoms with Crippen molar-refractivity contribution < 1.29 is 26.7 Å². The minimum absolute atomic E-state index is 0.00160. The third-order valence-corrected chi connectivity index (χ3v) is 3.99. The Kier molecular flexibility index (Phi) is 5.23. The molecule has 1 amide bonds. The Hall–Kier alpha value is -1.70. The lowest BCUT2D eigenvalue weighted by atomic mass is 9.93. The first kappa shape index (κ1) is 17.7. The molecule has 3 nitrogen and oxygen atoms in total. The zero-order valence-corrected chi connectivity index (χ0v) is 12.5. The summed E-state index contributed by atoms with van der Waals surface area (Å²) in [6.45, 7) is -1.70. The molecule has 1 aromatic rings. The van der Waals surface area contributed by atoms with Gasteiger partial charge in [0, 0.05) is 12.5 Å². The molecule has 0 aliphatic carbocycles. The molecule has 2 unspecified atom stereocenters. The fourth-order valence-corrected chi connectivity index (χ4v) is 2.88. The standard InChI is InChI=1S/C15H17F5N2O/c1-21-12-6-5-9(10-3-2-4-11(16)13(10)17)7-22(14(12)23)8-15(18,19)20/h2-4,9,12,21H,5-8H2,1H3. The molecular formula is C15H17F5N2O. The Balaban J connectivity index is 2.31. The van der Waals surface area contributed by atoms with Crippen LogP contribution in [0.25, 0.3) is 0 Å². The molecule has 1 heterocycles. The van der Waals surface area contributed by atoms with Gasteiger partial charge in [-0.1, -0.05) is 12.1 Å². The van der Waals surface area contributed by atoms with Gasteiger partial charge < -0.3 is 10.2 Å². The maximum atomic E-state index is 13.9. The molecule has 1 aliphatic rings. The first-order chi connectivity index (χ1) is 10.7. The summed E-state index contributed by atoms with van der Waals surface area (Å²) in [6, 6.07) is 2.84. The van der Waals surface area contributed by atoms with Crippen LogP contribution in [0.15, 0.2) is 18.2 Å². The summed E-state index contributed by atoms with van der Waals surface area (Å²) < 4.78 is 65.4. The van der Waals surface area contributed by atoms with Gasteiger partial charge in [0.25, 0.3) is 0 Å². The molecule has 1 N–H and O–H groups in total. The Morgan fingerprint density at radius 3 is 2.57 bits per heavy atom. The molecule has 0 saturated carbocycles. The van der Waals surface area contributed by atoms with E-state index in [4.69, 9.17) is 0 Å². The van der Waals surface area contributed by atoms with Crippen molar-refractivity contribution in [1.29, 1.82) is 0 Å². The van der Waals surface area contributed by atoms with E-state index in [9.17, 15) is 26.7 Å². The van der Waals surface area contributed by atoms with Crippen LogP contribution in [-0.2, 0) is 4.79 Å². The van der Waals surface area contributed by atoms with E-state index in [2.05, 4.69) is 5.32 Å². The number of likely N-dealkylation sites (N-methyl/N-ethyl adjacent to an activating group) is 1. The van der Waals surface area contributed by atoms with Crippen molar-refractivity contribution in [2.75, 3.05) is 20.1 Å². The van der Waals surface area contributed by atoms with Crippen LogP contribution in [0.1, 0.15) is 24.3 Å². The molecule has 0 bridgehead atoms. The van der Waals surface area contributed by atoms with Crippen LogP contribution in [0.4, 0.5) is 22.0 Å². The number of hydrogen-bond donors (Lipinski definition) is 1. The second kappa shape index (κ2) is 6.82. The zero-order chi connectivity index (χ0) is 17.2. The van der Waals surface area contributed by atoms with Gasteiger partial charge in [0.1, 0.15) is 6.54 Å². The maximum Gasteiger partial charge on any atom is 0.406 e. The van der Waals surface area contributed by atoms with Gasteiger partial charge >= 0.3 is 6.18 Å². The van der Waals surface area contributed by atoms with Gasteiger partial charge in [-0.3, -0.25) is 4.79 Å². The van der Waals surface area contributed by atoms with Crippen LogP contribution in [0.2, 0.25) is 0 Å². The van der Waals surface area contributed by atoms with Crippen molar-refractivity contribution >= 4 is 5.91 Å². The fourth-order valence-electron chi connectivity index (χ4n) is 2.88. The predicted molar refractivity (Wildman–Crippen MR) is 73.8 cm³/mol. The second-order valence-corrected chi connectivity index (χ2v) is 5.59. The third-order valence-electron chi connectivity index (χ3n) is 3.99. The Morgan fingerprint density at radius 2 is 1.96 bits per heavy atom. The van der Waals surface area contributed by atoms with E-state index >= 15 is 0 Å². The van der Waals surface area contributed by atoms with Gasteiger partial charge in [0.15, 0.2) is 11.6 Å². The number of amides is 1. The number of nitrogens with zero attached hydrogens (tertiary/aromatic N) is 1. The highest BCUT2D eigenvalue weighted by atomic mass is 19.4. The number of benzene rings is 1. The van der Waals surface area contributed by atoms with Gasteiger partial charge in [-0.2, -0.15) is 13.2 Å². The van der Waals surface area contributed by atoms with Crippen LogP contribution < -0.4 is 5.32 Å². The van der Waals surface area contributed by atoms with Gasteiger partial charge in [-0.05, 0) is 31.5 Å². The first-order valence-corrected chi connectivity index (χ1v) is 7.19. The molecule has 1 aromatic carbocycles. The summed E-state index contributed by atoms with van der Waals surface area (Å²) in [5, 5.41) is 2.68. The summed E-state index contributed by atoms with van der Waals surface area (Å²) in [4.78, 5) is 12.8. The lowest BCUT2D eigenvalue weighted by Crippen LogP contribution is -2.47. The highest BCUT2D eigenvalue weighted by Gasteiger charge is 2.38. The summed E-state index contributed by atoms with van der Waals surface area (Å²) in [5.41, 5.74) is 0.00160. The Labute approximate surface area is 130 Å². The van der Waals surface area contributed by atoms with Crippen molar-refractivity contribution in [1.82, 2.24) is 10.2 Å². The smallest absolute Gasteiger partial charge is 0.332 e. The number of hydrogen-bond acceptors (Lipinski definition) is 2. The highest BCUT2D eigenvalue weighted by molar-refractivity contribution is 5.82. The number of carbonyl (C=O) groups is 1. The second-order valence-electron chi connectivity index (χ2n) is 5.59. The maximum absolute atomic E-state index is 13.9. The average Bonchev–Trinajstić information content (AvgIpc) is 2.60. The number of carbonyl (C=O) groups excluding carboxylic acids is 1. The van der Waals surface area contributed by atoms with Crippen LogP contribution in [0.3, 0.4) is 0 Å². The van der Waals surface area contributed by atoms with Gasteiger partial charge in [0.2, 0.25) is 5.91 Å². The lowest BCUT2D eigenvalue weighted by molar-refractivity contribution is -0.162. The number of nitrogens with one attached hydrogen (secondary N) is 1. The van der Waals surface area contributed by atoms with Crippen molar-refractivity contribution in [2.24, 2.45) is 0 Å². The van der Waals surface area contributed by atoms with Crippen LogP contribution in [-0.4, -0.2) is 43.2 Å². The Bertz CT molecular complexity index is 575. The van der Waals surface area contributed by atoms with Crippen molar-refractivity contribution in [3.8, 4) is 0 Å². The minimum Gasteiger partial charge on any atom is -0.332 e. The van der Waals surface area contributed by atoms with Crippen molar-refractivity contribution in [2.45, 2.75) is 31.0 Å². The van der Waals surface area contributed by atoms with Crippen LogP contribution >= 0.6 is 0 Å². The molecular weight excluding hydrogens is 319 g/mol. The summed E-state index contributed by atoms with van der Waals surface area (Å²) >= 11 is 0. The highest BCUT2D eigenvalue weighted by Crippen LogP contribution is 2.31. The minimum atomic E-state index is -4.55. The van der Waals surface area contributed by atoms with Gasteiger partial charge in [-0.25, -0.2) is 8.78 Å². The molecule has 2 atom stereocenters. The number of alkyl halides is 3. The van der Waals surface area contributed by atoms with E-state index < -0.39 is 42.2 Å². The molecule has 8 heteroatoms. The molecule has 0 aromatic heterocycles. The monoisotopic (exact) mass is 336 g/mol. The van der Waals surface area contributed by atoms with Crippen molar-refractivity contribution in [3.05, 3.63) is 35.4 Å². The molecule has 2 rings (SSSR count). The van der Waals surface area contributed by atoms with Crippen LogP contribution in [0, 0.1) is 11.6 Å². The topological polar surface area (TPSA) is 32.3 Å². The lowest BCUT2D eigenvalue weighted by Gasteiger charge is -2.27. The summed E-state index contributed by atoms with van der Waals surface area (Å²) in [5.74, 6) is -3.48. The van der Waals surface area contributed by atoms with E-state index in [-0.39, 0.29) is 24.9 Å². The fraction of sp³-hybridized carbons (Fsp3) is 0.533. The van der Waals surface area contributed by atoms with E-state index in [1.165, 1.54) is 19.2 Å². The molecule has 1 saturated heterocycles. The van der Waals surface area contributed by atoms with E-state index in [0.717, 1.165) is 6.07 Å². The van der Waals surface area contributed by atoms with Gasteiger partial charge in [-0.15, -0.1) is 0 Å². The van der Waals surface area contributed by atoms with Crippen LogP contribution in [0.5, 0.6) is 0 Å². The molecule has 0 radical (unpaired) electrons. The average molecular weight is 336 g/mol. The summed E-state index contributed by atoms with van der Waals surface area (Å²) in [7, 11) is 1.48. The number of likely N-dealkylation sites (tertiary alicyclic amines) is 1. The SMILES string of the molecule is CNC1CCC(c2cccc(F)c2F)CN(CC(F)(F)F)C1=O. The van der Waals surface area contributed by atoms with E-state index in [0.29, 0.717) is 4.90 Å². The number of halogens is 5. The third kappa shape index (κ3) is 4.19. The molecule has 1 aliphatic heterocycles. The number of rotatable bonds is 3. The quantitative estimate of drug-likeness (QED) is 0.861. The van der Waals surface area contributed by atoms with E-state index in [1.54, 1.807) is 0 Å². The largest absolute Gasteiger partial charge is 0.406 e. The Morgan fingerprint density at radius 1 is 1.26 bits per heavy atom.